The molecular formula is C19H20N5O4-. The van der Waals surface area contributed by atoms with E-state index in [1.807, 2.05) is 18.7 Å². The highest BCUT2D eigenvalue weighted by Crippen LogP contribution is 2.31. The van der Waals surface area contributed by atoms with Crippen LogP contribution in [0, 0.1) is 13.8 Å². The Morgan fingerprint density at radius 2 is 1.82 bits per heavy atom. The van der Waals surface area contributed by atoms with Crippen molar-refractivity contribution in [1.82, 2.24) is 18.7 Å². The summed E-state index contributed by atoms with van der Waals surface area (Å²) in [6.07, 6.45) is 0.786. The number of carboxylic acids is 1. The lowest BCUT2D eigenvalue weighted by molar-refractivity contribution is -0.306. The van der Waals surface area contributed by atoms with Crippen LogP contribution in [0.3, 0.4) is 0 Å². The molecule has 0 aliphatic carbocycles. The molecule has 0 saturated heterocycles. The van der Waals surface area contributed by atoms with Gasteiger partial charge in [-0.15, -0.1) is 0 Å². The number of hydrogen-bond acceptors (Lipinski definition) is 6. The van der Waals surface area contributed by atoms with Gasteiger partial charge < -0.3 is 19.4 Å². The second-order valence-electron chi connectivity index (χ2n) is 7.19. The van der Waals surface area contributed by atoms with Gasteiger partial charge in [-0.2, -0.15) is 4.98 Å². The summed E-state index contributed by atoms with van der Waals surface area (Å²) in [6, 6.07) is 6.18. The quantitative estimate of drug-likeness (QED) is 0.622. The van der Waals surface area contributed by atoms with Gasteiger partial charge in [0.25, 0.3) is 5.56 Å². The Labute approximate surface area is 160 Å². The summed E-state index contributed by atoms with van der Waals surface area (Å²) >= 11 is 0. The van der Waals surface area contributed by atoms with Crippen molar-refractivity contribution in [2.24, 2.45) is 7.05 Å². The molecule has 1 aliphatic heterocycles. The Bertz CT molecular complexity index is 1210. The third-order valence-electron chi connectivity index (χ3n) is 5.02. The van der Waals surface area contributed by atoms with Crippen LogP contribution >= 0.6 is 0 Å². The molecule has 0 atom stereocenters. The van der Waals surface area contributed by atoms with E-state index in [4.69, 9.17) is 0 Å². The van der Waals surface area contributed by atoms with Crippen LogP contribution in [0.5, 0.6) is 0 Å². The topological polar surface area (TPSA) is 105 Å². The molecule has 0 radical (unpaired) electrons. The molecule has 28 heavy (non-hydrogen) atoms. The minimum absolute atomic E-state index is 0.229. The highest BCUT2D eigenvalue weighted by atomic mass is 16.4. The van der Waals surface area contributed by atoms with Crippen molar-refractivity contribution < 1.29 is 9.90 Å². The van der Waals surface area contributed by atoms with Gasteiger partial charge in [-0.05, 0) is 43.5 Å². The second kappa shape index (κ2) is 6.36. The van der Waals surface area contributed by atoms with Crippen molar-refractivity contribution in [3.05, 3.63) is 50.2 Å². The summed E-state index contributed by atoms with van der Waals surface area (Å²) in [5.41, 5.74) is 2.29. The lowest BCUT2D eigenvalue weighted by Crippen LogP contribution is -2.44. The van der Waals surface area contributed by atoms with Crippen molar-refractivity contribution in [2.75, 3.05) is 11.4 Å². The fraction of sp³-hybridized carbons (Fsp3) is 0.368. The molecule has 4 rings (SSSR count). The zero-order valence-electron chi connectivity index (χ0n) is 15.9. The third kappa shape index (κ3) is 2.70. The monoisotopic (exact) mass is 382 g/mol. The zero-order chi connectivity index (χ0) is 20.2. The molecule has 0 bridgehead atoms. The van der Waals surface area contributed by atoms with Gasteiger partial charge in [0.05, 0.1) is 12.5 Å². The molecule has 9 heteroatoms. The van der Waals surface area contributed by atoms with E-state index in [2.05, 4.69) is 23.2 Å². The number of fused-ring (bicyclic) bond motifs is 3. The van der Waals surface area contributed by atoms with E-state index in [0.29, 0.717) is 17.1 Å². The molecule has 0 unspecified atom stereocenters. The summed E-state index contributed by atoms with van der Waals surface area (Å²) < 4.78 is 3.66. The highest BCUT2D eigenvalue weighted by Gasteiger charge is 2.27. The fourth-order valence-electron chi connectivity index (χ4n) is 3.88. The fourth-order valence-corrected chi connectivity index (χ4v) is 3.88. The van der Waals surface area contributed by atoms with E-state index < -0.39 is 23.8 Å². The van der Waals surface area contributed by atoms with Crippen LogP contribution in [0.4, 0.5) is 11.6 Å². The van der Waals surface area contributed by atoms with E-state index in [-0.39, 0.29) is 11.2 Å². The van der Waals surface area contributed by atoms with E-state index in [1.54, 1.807) is 4.57 Å². The first-order chi connectivity index (χ1) is 13.3. The van der Waals surface area contributed by atoms with E-state index >= 15 is 0 Å². The van der Waals surface area contributed by atoms with Gasteiger partial charge in [0.1, 0.15) is 0 Å². The van der Waals surface area contributed by atoms with Gasteiger partial charge in [-0.25, -0.2) is 4.79 Å². The first-order valence-corrected chi connectivity index (χ1v) is 9.03. The summed E-state index contributed by atoms with van der Waals surface area (Å²) in [7, 11) is 1.48. The normalized spacial score (nSPS) is 13.8. The average molecular weight is 382 g/mol. The smallest absolute Gasteiger partial charge is 0.332 e. The van der Waals surface area contributed by atoms with Crippen LogP contribution in [0.1, 0.15) is 17.5 Å². The molecular weight excluding hydrogens is 362 g/mol. The number of aliphatic carboxylic acids is 1. The van der Waals surface area contributed by atoms with E-state index in [0.717, 1.165) is 29.8 Å². The lowest BCUT2D eigenvalue weighted by atomic mass is 10.1. The van der Waals surface area contributed by atoms with Gasteiger partial charge in [0, 0.05) is 25.8 Å². The van der Waals surface area contributed by atoms with Gasteiger partial charge in [0.2, 0.25) is 5.95 Å². The average Bonchev–Trinajstić information content (AvgIpc) is 3.02. The molecule has 0 amide bonds. The Balaban J connectivity index is 1.99. The van der Waals surface area contributed by atoms with Crippen molar-refractivity contribution >= 4 is 28.8 Å². The minimum atomic E-state index is -1.49. The molecule has 9 nitrogen and oxygen atoms in total. The van der Waals surface area contributed by atoms with Crippen molar-refractivity contribution in [3.8, 4) is 0 Å². The number of rotatable bonds is 3. The number of carbonyl (C=O) groups excluding carboxylic acids is 1. The molecule has 0 spiro atoms. The predicted octanol–water partition coefficient (Wildman–Crippen LogP) is -0.195. The maximum Gasteiger partial charge on any atom is 0.332 e. The van der Waals surface area contributed by atoms with Gasteiger partial charge in [-0.1, -0.05) is 6.07 Å². The zero-order valence-corrected chi connectivity index (χ0v) is 15.9. The van der Waals surface area contributed by atoms with Gasteiger partial charge in [0.15, 0.2) is 11.2 Å². The van der Waals surface area contributed by atoms with Crippen molar-refractivity contribution in [2.45, 2.75) is 33.4 Å². The second-order valence-corrected chi connectivity index (χ2v) is 7.19. The van der Waals surface area contributed by atoms with Crippen molar-refractivity contribution in [3.63, 3.8) is 0 Å². The first kappa shape index (κ1) is 18.0. The summed E-state index contributed by atoms with van der Waals surface area (Å²) in [5.74, 6) is -0.918. The maximum atomic E-state index is 12.9. The first-order valence-electron chi connectivity index (χ1n) is 9.03. The van der Waals surface area contributed by atoms with Crippen LogP contribution in [0.25, 0.3) is 11.2 Å². The van der Waals surface area contributed by atoms with Crippen LogP contribution in [0.15, 0.2) is 27.8 Å². The molecule has 0 saturated carbocycles. The summed E-state index contributed by atoms with van der Waals surface area (Å²) in [4.78, 5) is 43.0. The molecule has 0 fully saturated rings. The standard InChI is InChI=1S/C19H21N5O4/c1-11-7-12(2)9-13(8-11)22-5-4-6-23-15-16(20-18(22)23)21(3)19(28)24(17(15)27)10-14(25)26/h7-9H,4-6,10H2,1-3H3,(H,25,26)/p-1. The largest absolute Gasteiger partial charge is 0.548 e. The molecule has 3 aromatic rings. The van der Waals surface area contributed by atoms with Crippen LogP contribution < -0.4 is 21.3 Å². The van der Waals surface area contributed by atoms with Gasteiger partial charge >= 0.3 is 5.69 Å². The Kier molecular flexibility index (Phi) is 4.10. The van der Waals surface area contributed by atoms with Crippen LogP contribution in [0.2, 0.25) is 0 Å². The number of anilines is 2. The Morgan fingerprint density at radius 3 is 2.46 bits per heavy atom. The molecule has 146 valence electrons. The molecule has 1 aliphatic rings. The molecule has 3 heterocycles. The number of aromatic nitrogens is 4. The summed E-state index contributed by atoms with van der Waals surface area (Å²) in [6.45, 7) is 4.54. The SMILES string of the molecule is Cc1cc(C)cc(N2CCCn3c2nc2c3c(=O)n(CC(=O)[O-])c(=O)n2C)c1. The number of aryl methyl sites for hydroxylation is 4. The maximum absolute atomic E-state index is 12.9. The Hall–Kier alpha value is -3.36. The van der Waals surface area contributed by atoms with E-state index in [1.165, 1.54) is 11.6 Å². The number of hydrogen-bond donors (Lipinski definition) is 0. The number of nitrogens with zero attached hydrogens (tertiary/aromatic N) is 5. The lowest BCUT2D eigenvalue weighted by Gasteiger charge is -2.29. The number of benzene rings is 1. The molecule has 1 aromatic carbocycles. The third-order valence-corrected chi connectivity index (χ3v) is 5.02. The molecule has 0 N–H and O–H groups in total. The highest BCUT2D eigenvalue weighted by molar-refractivity contribution is 5.77. The molecule has 2 aromatic heterocycles. The predicted molar refractivity (Wildman–Crippen MR) is 102 cm³/mol. The van der Waals surface area contributed by atoms with Crippen LogP contribution in [-0.4, -0.2) is 31.2 Å². The van der Waals surface area contributed by atoms with E-state index in [9.17, 15) is 19.5 Å². The van der Waals surface area contributed by atoms with Crippen molar-refractivity contribution in [1.29, 1.82) is 0 Å². The van der Waals surface area contributed by atoms with Crippen LogP contribution in [-0.2, 0) is 24.9 Å². The number of carbonyl (C=O) groups is 1. The number of imidazole rings is 1. The van der Waals surface area contributed by atoms with Gasteiger partial charge in [-0.3, -0.25) is 13.9 Å². The summed E-state index contributed by atoms with van der Waals surface area (Å²) in [5, 5.41) is 11.0. The minimum Gasteiger partial charge on any atom is -0.548 e. The number of carboxylic acid groups (broad SMARTS) is 1. The Morgan fingerprint density at radius 1 is 1.14 bits per heavy atom.